The Morgan fingerprint density at radius 3 is 2.85 bits per heavy atom. The highest BCUT2D eigenvalue weighted by Crippen LogP contribution is 2.31. The van der Waals surface area contributed by atoms with Crippen molar-refractivity contribution in [3.63, 3.8) is 0 Å². The number of hydrogen-bond donors (Lipinski definition) is 1. The number of rotatable bonds is 4. The van der Waals surface area contributed by atoms with Gasteiger partial charge < -0.3 is 10.2 Å². The van der Waals surface area contributed by atoms with Crippen LogP contribution in [0.4, 0.5) is 0 Å². The van der Waals surface area contributed by atoms with E-state index >= 15 is 0 Å². The Bertz CT molecular complexity index is 761. The number of benzene rings is 1. The molecule has 0 radical (unpaired) electrons. The van der Waals surface area contributed by atoms with E-state index in [0.29, 0.717) is 0 Å². The zero-order valence-electron chi connectivity index (χ0n) is 12.1. The van der Waals surface area contributed by atoms with Gasteiger partial charge in [-0.05, 0) is 31.5 Å². The molecule has 0 fully saturated rings. The van der Waals surface area contributed by atoms with Gasteiger partial charge in [-0.15, -0.1) is 0 Å². The molecule has 1 aromatic carbocycles. The predicted molar refractivity (Wildman–Crippen MR) is 83.0 cm³/mol. The second kappa shape index (κ2) is 5.04. The van der Waals surface area contributed by atoms with Gasteiger partial charge in [0.1, 0.15) is 5.75 Å². The van der Waals surface area contributed by atoms with E-state index in [-0.39, 0.29) is 0 Å². The fourth-order valence-corrected chi connectivity index (χ4v) is 2.62. The molecule has 0 saturated carbocycles. The molecule has 104 valence electrons. The maximum atomic E-state index is 5.35. The third-order valence-electron chi connectivity index (χ3n) is 3.59. The maximum Gasteiger partial charge on any atom is 0.121 e. The van der Waals surface area contributed by atoms with Gasteiger partial charge in [-0.1, -0.05) is 6.92 Å². The molecule has 0 atom stereocenters. The van der Waals surface area contributed by atoms with Crippen LogP contribution in [0, 0.1) is 6.92 Å². The van der Waals surface area contributed by atoms with Crippen LogP contribution in [0.15, 0.2) is 30.5 Å². The standard InChI is InChI=1S/C16H19N3O/c1-4-8-18-19-15-10-12(20-3)5-6-13(15)14-7-9-17-11(2)16(14)19/h5-7,9-10,18H,4,8H2,1-3H3. The molecule has 2 aromatic heterocycles. The van der Waals surface area contributed by atoms with E-state index in [0.717, 1.165) is 35.4 Å². The van der Waals surface area contributed by atoms with Crippen molar-refractivity contribution >= 4 is 21.8 Å². The predicted octanol–water partition coefficient (Wildman–Crippen LogP) is 3.46. The molecule has 1 N–H and O–H groups in total. The molecular formula is C16H19N3O. The Hall–Kier alpha value is -2.23. The second-order valence-electron chi connectivity index (χ2n) is 4.92. The lowest BCUT2D eigenvalue weighted by Gasteiger charge is -2.11. The van der Waals surface area contributed by atoms with Gasteiger partial charge in [0.2, 0.25) is 0 Å². The summed E-state index contributed by atoms with van der Waals surface area (Å²) in [5, 5.41) is 2.44. The fraction of sp³-hybridized carbons (Fsp3) is 0.312. The number of methoxy groups -OCH3 is 1. The third-order valence-corrected chi connectivity index (χ3v) is 3.59. The van der Waals surface area contributed by atoms with Crippen LogP contribution >= 0.6 is 0 Å². The summed E-state index contributed by atoms with van der Waals surface area (Å²) < 4.78 is 7.49. The van der Waals surface area contributed by atoms with E-state index in [4.69, 9.17) is 4.74 Å². The molecular weight excluding hydrogens is 250 g/mol. The first-order valence-electron chi connectivity index (χ1n) is 6.94. The molecule has 4 heteroatoms. The Kier molecular flexibility index (Phi) is 3.22. The van der Waals surface area contributed by atoms with Crippen molar-refractivity contribution in [2.75, 3.05) is 19.1 Å². The van der Waals surface area contributed by atoms with Gasteiger partial charge in [-0.25, -0.2) is 0 Å². The molecule has 0 aliphatic rings. The van der Waals surface area contributed by atoms with Gasteiger partial charge in [-0.3, -0.25) is 9.66 Å². The number of aryl methyl sites for hydroxylation is 1. The van der Waals surface area contributed by atoms with E-state index in [1.54, 1.807) is 7.11 Å². The molecule has 0 bridgehead atoms. The Labute approximate surface area is 118 Å². The average molecular weight is 269 g/mol. The van der Waals surface area contributed by atoms with Gasteiger partial charge in [0.15, 0.2) is 0 Å². The van der Waals surface area contributed by atoms with Gasteiger partial charge >= 0.3 is 0 Å². The summed E-state index contributed by atoms with van der Waals surface area (Å²) in [6.07, 6.45) is 2.94. The summed E-state index contributed by atoms with van der Waals surface area (Å²) in [4.78, 5) is 4.42. The first-order chi connectivity index (χ1) is 9.76. The van der Waals surface area contributed by atoms with Crippen molar-refractivity contribution in [1.82, 2.24) is 9.66 Å². The highest BCUT2D eigenvalue weighted by Gasteiger charge is 2.13. The molecule has 0 spiro atoms. The highest BCUT2D eigenvalue weighted by molar-refractivity contribution is 6.09. The topological polar surface area (TPSA) is 39.1 Å². The minimum Gasteiger partial charge on any atom is -0.497 e. The summed E-state index contributed by atoms with van der Waals surface area (Å²) in [5.74, 6) is 0.866. The molecule has 0 aliphatic heterocycles. The van der Waals surface area contributed by atoms with Gasteiger partial charge in [0, 0.05) is 29.6 Å². The molecule has 4 nitrogen and oxygen atoms in total. The van der Waals surface area contributed by atoms with Crippen LogP contribution in [0.5, 0.6) is 5.75 Å². The Morgan fingerprint density at radius 2 is 2.10 bits per heavy atom. The molecule has 0 amide bonds. The van der Waals surface area contributed by atoms with E-state index in [2.05, 4.69) is 40.2 Å². The van der Waals surface area contributed by atoms with Crippen LogP contribution in [0.2, 0.25) is 0 Å². The summed E-state index contributed by atoms with van der Waals surface area (Å²) in [6, 6.07) is 8.25. The van der Waals surface area contributed by atoms with Crippen molar-refractivity contribution < 1.29 is 4.74 Å². The fourth-order valence-electron chi connectivity index (χ4n) is 2.62. The zero-order valence-corrected chi connectivity index (χ0v) is 12.1. The number of ether oxygens (including phenoxy) is 1. The van der Waals surface area contributed by atoms with Gasteiger partial charge in [0.05, 0.1) is 23.8 Å². The van der Waals surface area contributed by atoms with E-state index < -0.39 is 0 Å². The van der Waals surface area contributed by atoms with E-state index in [1.165, 1.54) is 10.8 Å². The summed E-state index contributed by atoms with van der Waals surface area (Å²) in [5.41, 5.74) is 6.77. The van der Waals surface area contributed by atoms with E-state index in [1.807, 2.05) is 19.2 Å². The maximum absolute atomic E-state index is 5.35. The van der Waals surface area contributed by atoms with Crippen molar-refractivity contribution in [3.05, 3.63) is 36.2 Å². The number of aromatic nitrogens is 2. The largest absolute Gasteiger partial charge is 0.497 e. The summed E-state index contributed by atoms with van der Waals surface area (Å²) in [6.45, 7) is 5.12. The lowest BCUT2D eigenvalue weighted by atomic mass is 10.1. The van der Waals surface area contributed by atoms with E-state index in [9.17, 15) is 0 Å². The Morgan fingerprint density at radius 1 is 1.25 bits per heavy atom. The van der Waals surface area contributed by atoms with Crippen LogP contribution in [-0.2, 0) is 0 Å². The summed E-state index contributed by atoms with van der Waals surface area (Å²) >= 11 is 0. The molecule has 0 saturated heterocycles. The smallest absolute Gasteiger partial charge is 0.121 e. The molecule has 0 unspecified atom stereocenters. The van der Waals surface area contributed by atoms with Crippen LogP contribution in [0.3, 0.4) is 0 Å². The SMILES string of the molecule is CCCNn1c2cc(OC)ccc2c2ccnc(C)c21. The van der Waals surface area contributed by atoms with Crippen molar-refractivity contribution in [2.45, 2.75) is 20.3 Å². The lowest BCUT2D eigenvalue weighted by molar-refractivity contribution is 0.415. The number of nitrogens with one attached hydrogen (secondary N) is 1. The van der Waals surface area contributed by atoms with Crippen LogP contribution in [0.25, 0.3) is 21.8 Å². The van der Waals surface area contributed by atoms with Crippen LogP contribution in [0.1, 0.15) is 19.0 Å². The molecule has 3 rings (SSSR count). The number of fused-ring (bicyclic) bond motifs is 3. The number of hydrogen-bond acceptors (Lipinski definition) is 3. The zero-order chi connectivity index (χ0) is 14.1. The van der Waals surface area contributed by atoms with Crippen molar-refractivity contribution in [3.8, 4) is 5.75 Å². The molecule has 0 aliphatic carbocycles. The Balaban J connectivity index is 2.37. The third kappa shape index (κ3) is 1.88. The molecule has 3 aromatic rings. The minimum atomic E-state index is 0.866. The normalized spacial score (nSPS) is 11.2. The summed E-state index contributed by atoms with van der Waals surface area (Å²) in [7, 11) is 1.69. The molecule has 20 heavy (non-hydrogen) atoms. The van der Waals surface area contributed by atoms with Crippen LogP contribution < -0.4 is 10.2 Å². The molecule has 2 heterocycles. The van der Waals surface area contributed by atoms with Crippen molar-refractivity contribution in [1.29, 1.82) is 0 Å². The number of nitrogens with zero attached hydrogens (tertiary/aromatic N) is 2. The van der Waals surface area contributed by atoms with Gasteiger partial charge in [-0.2, -0.15) is 0 Å². The second-order valence-corrected chi connectivity index (χ2v) is 4.92. The highest BCUT2D eigenvalue weighted by atomic mass is 16.5. The first-order valence-corrected chi connectivity index (χ1v) is 6.94. The number of pyridine rings is 1. The average Bonchev–Trinajstić information content (AvgIpc) is 2.79. The lowest BCUT2D eigenvalue weighted by Crippen LogP contribution is -2.15. The van der Waals surface area contributed by atoms with Crippen molar-refractivity contribution in [2.24, 2.45) is 0 Å². The monoisotopic (exact) mass is 269 g/mol. The first kappa shape index (κ1) is 12.8. The van der Waals surface area contributed by atoms with Crippen LogP contribution in [-0.4, -0.2) is 23.3 Å². The van der Waals surface area contributed by atoms with Gasteiger partial charge in [0.25, 0.3) is 0 Å². The quantitative estimate of drug-likeness (QED) is 0.788. The minimum absolute atomic E-state index is 0.866.